The van der Waals surface area contributed by atoms with Crippen LogP contribution in [0.25, 0.3) is 11.0 Å². The van der Waals surface area contributed by atoms with Gasteiger partial charge in [-0.15, -0.1) is 0 Å². The summed E-state index contributed by atoms with van der Waals surface area (Å²) in [5.41, 5.74) is -0.124. The number of phenols is 1. The van der Waals surface area contributed by atoms with Gasteiger partial charge >= 0.3 is 13.4 Å². The van der Waals surface area contributed by atoms with Crippen LogP contribution < -0.4 is 5.63 Å². The van der Waals surface area contributed by atoms with Crippen LogP contribution in [0, 0.1) is 0 Å². The van der Waals surface area contributed by atoms with E-state index in [4.69, 9.17) is 14.2 Å². The van der Waals surface area contributed by atoms with Gasteiger partial charge in [-0.05, 0) is 18.2 Å². The lowest BCUT2D eigenvalue weighted by atomic mass is 10.1. The Morgan fingerprint density at radius 3 is 2.58 bits per heavy atom. The topological polar surface area (TPSA) is 117 Å². The molecule has 19 heavy (non-hydrogen) atoms. The summed E-state index contributed by atoms with van der Waals surface area (Å²) >= 11 is 0. The minimum Gasteiger partial charge on any atom is -0.508 e. The lowest BCUT2D eigenvalue weighted by Crippen LogP contribution is -2.01. The maximum absolute atomic E-state index is 11.2. The van der Waals surface area contributed by atoms with Gasteiger partial charge < -0.3 is 19.3 Å². The molecule has 0 aliphatic heterocycles. The minimum atomic E-state index is -4.56. The summed E-state index contributed by atoms with van der Waals surface area (Å²) in [6, 6.07) is 5.76. The van der Waals surface area contributed by atoms with Gasteiger partial charge in [0.2, 0.25) is 0 Å². The summed E-state index contributed by atoms with van der Waals surface area (Å²) in [4.78, 5) is 28.3. The number of phosphoric ester groups is 1. The molecule has 0 saturated heterocycles. The van der Waals surface area contributed by atoms with Gasteiger partial charge in [0.25, 0.3) is 0 Å². The van der Waals surface area contributed by atoms with Gasteiger partial charge in [0.1, 0.15) is 11.3 Å². The van der Waals surface area contributed by atoms with Gasteiger partial charge in [0.15, 0.2) is 0 Å². The van der Waals surface area contributed by atoms with Crippen LogP contribution in [-0.2, 0) is 15.5 Å². The third-order valence-electron chi connectivity index (χ3n) is 2.48. The first-order valence-electron chi connectivity index (χ1n) is 5.31. The van der Waals surface area contributed by atoms with Crippen LogP contribution in [0.4, 0.5) is 0 Å². The lowest BCUT2D eigenvalue weighted by Gasteiger charge is -2.08. The number of phosphoric acid groups is 1. The molecule has 102 valence electrons. The molecule has 0 unspecified atom stereocenters. The highest BCUT2D eigenvalue weighted by Gasteiger charge is 2.15. The molecular formula is C11H11O7P. The maximum Gasteiger partial charge on any atom is 0.469 e. The molecule has 8 heteroatoms. The van der Waals surface area contributed by atoms with Crippen molar-refractivity contribution in [1.29, 1.82) is 0 Å². The van der Waals surface area contributed by atoms with Gasteiger partial charge in [-0.1, -0.05) is 0 Å². The molecule has 0 atom stereocenters. The second-order valence-corrected chi connectivity index (χ2v) is 5.05. The molecule has 0 spiro atoms. The van der Waals surface area contributed by atoms with Crippen LogP contribution in [0.15, 0.2) is 33.5 Å². The summed E-state index contributed by atoms with van der Waals surface area (Å²) < 4.78 is 19.9. The monoisotopic (exact) mass is 286 g/mol. The minimum absolute atomic E-state index is 0.00123. The third-order valence-corrected chi connectivity index (χ3v) is 3.00. The smallest absolute Gasteiger partial charge is 0.469 e. The average molecular weight is 286 g/mol. The first-order chi connectivity index (χ1) is 8.87. The highest BCUT2D eigenvalue weighted by Crippen LogP contribution is 2.36. The molecule has 0 aliphatic carbocycles. The SMILES string of the molecule is O=c1ccc2ccc(O)c(CCOP(=O)(O)O)c2o1. The molecular weight excluding hydrogens is 275 g/mol. The second-order valence-electron chi connectivity index (χ2n) is 3.81. The van der Waals surface area contributed by atoms with E-state index >= 15 is 0 Å². The Labute approximate surface area is 107 Å². The highest BCUT2D eigenvalue weighted by atomic mass is 31.2. The Morgan fingerprint density at radius 2 is 1.89 bits per heavy atom. The van der Waals surface area contributed by atoms with Crippen molar-refractivity contribution in [2.45, 2.75) is 6.42 Å². The lowest BCUT2D eigenvalue weighted by molar-refractivity contribution is 0.198. The van der Waals surface area contributed by atoms with Crippen LogP contribution >= 0.6 is 7.82 Å². The number of benzene rings is 1. The zero-order chi connectivity index (χ0) is 14.0. The van der Waals surface area contributed by atoms with E-state index in [0.717, 1.165) is 0 Å². The average Bonchev–Trinajstić information content (AvgIpc) is 2.30. The fourth-order valence-electron chi connectivity index (χ4n) is 1.69. The predicted octanol–water partition coefficient (Wildman–Crippen LogP) is 1.15. The standard InChI is InChI=1S/C11H11O7P/c12-9-3-1-7-2-4-10(13)18-11(7)8(9)5-6-17-19(14,15)16/h1-4,12H,5-6H2,(H2,14,15,16). The van der Waals surface area contributed by atoms with Crippen molar-refractivity contribution in [2.75, 3.05) is 6.61 Å². The van der Waals surface area contributed by atoms with Crippen LogP contribution in [0.5, 0.6) is 5.75 Å². The molecule has 0 radical (unpaired) electrons. The summed E-state index contributed by atoms with van der Waals surface area (Å²) in [5, 5.41) is 10.3. The Morgan fingerprint density at radius 1 is 1.21 bits per heavy atom. The molecule has 3 N–H and O–H groups in total. The molecule has 2 aromatic rings. The van der Waals surface area contributed by atoms with Gasteiger partial charge in [-0.2, -0.15) is 0 Å². The zero-order valence-electron chi connectivity index (χ0n) is 9.65. The Balaban J connectivity index is 2.35. The summed E-state index contributed by atoms with van der Waals surface area (Å²) in [5.74, 6) is -0.129. The van der Waals surface area contributed by atoms with E-state index in [0.29, 0.717) is 5.39 Å². The summed E-state index contributed by atoms with van der Waals surface area (Å²) in [7, 11) is -4.56. The van der Waals surface area contributed by atoms with E-state index in [1.165, 1.54) is 18.2 Å². The van der Waals surface area contributed by atoms with Crippen LogP contribution in [0.3, 0.4) is 0 Å². The van der Waals surface area contributed by atoms with E-state index in [-0.39, 0.29) is 29.9 Å². The van der Waals surface area contributed by atoms with E-state index in [9.17, 15) is 14.5 Å². The normalized spacial score (nSPS) is 11.9. The molecule has 0 bridgehead atoms. The highest BCUT2D eigenvalue weighted by molar-refractivity contribution is 7.46. The molecule has 0 saturated carbocycles. The van der Waals surface area contributed by atoms with Crippen molar-refractivity contribution in [2.24, 2.45) is 0 Å². The largest absolute Gasteiger partial charge is 0.508 e. The summed E-state index contributed by atoms with van der Waals surface area (Å²) in [6.07, 6.45) is 0.00123. The summed E-state index contributed by atoms with van der Waals surface area (Å²) in [6.45, 7) is -0.310. The molecule has 1 aromatic carbocycles. The molecule has 1 heterocycles. The number of hydrogen-bond donors (Lipinski definition) is 3. The molecule has 7 nitrogen and oxygen atoms in total. The molecule has 0 aliphatic rings. The Bertz CT molecular complexity index is 700. The van der Waals surface area contributed by atoms with Gasteiger partial charge in [0, 0.05) is 23.4 Å². The van der Waals surface area contributed by atoms with Crippen molar-refractivity contribution < 1.29 is 28.4 Å². The van der Waals surface area contributed by atoms with E-state index in [1.807, 2.05) is 0 Å². The van der Waals surface area contributed by atoms with E-state index < -0.39 is 13.4 Å². The van der Waals surface area contributed by atoms with Crippen LogP contribution in [0.1, 0.15) is 5.56 Å². The first-order valence-corrected chi connectivity index (χ1v) is 6.85. The Kier molecular flexibility index (Phi) is 3.73. The van der Waals surface area contributed by atoms with Crippen molar-refractivity contribution in [1.82, 2.24) is 0 Å². The zero-order valence-corrected chi connectivity index (χ0v) is 10.5. The van der Waals surface area contributed by atoms with Gasteiger partial charge in [-0.3, -0.25) is 4.52 Å². The Hall–Kier alpha value is -1.66. The molecule has 0 amide bonds. The third kappa shape index (κ3) is 3.42. The van der Waals surface area contributed by atoms with Crippen LogP contribution in [0.2, 0.25) is 0 Å². The quantitative estimate of drug-likeness (QED) is 0.570. The number of aromatic hydroxyl groups is 1. The molecule has 0 fully saturated rings. The van der Waals surface area contributed by atoms with E-state index in [1.54, 1.807) is 6.07 Å². The first kappa shape index (κ1) is 13.8. The maximum atomic E-state index is 11.2. The fourth-order valence-corrected chi connectivity index (χ4v) is 2.02. The van der Waals surface area contributed by atoms with E-state index in [2.05, 4.69) is 4.52 Å². The van der Waals surface area contributed by atoms with Crippen LogP contribution in [-0.4, -0.2) is 21.5 Å². The number of rotatable bonds is 4. The molecule has 2 rings (SSSR count). The number of fused-ring (bicyclic) bond motifs is 1. The van der Waals surface area contributed by atoms with Crippen molar-refractivity contribution in [3.8, 4) is 5.75 Å². The fraction of sp³-hybridized carbons (Fsp3) is 0.182. The van der Waals surface area contributed by atoms with Gasteiger partial charge in [0.05, 0.1) is 6.61 Å². The number of phenolic OH excluding ortho intramolecular Hbond substituents is 1. The van der Waals surface area contributed by atoms with Crippen molar-refractivity contribution in [3.05, 3.63) is 40.2 Å². The van der Waals surface area contributed by atoms with Crippen molar-refractivity contribution >= 4 is 18.8 Å². The molecule has 1 aromatic heterocycles. The number of hydrogen-bond acceptors (Lipinski definition) is 5. The van der Waals surface area contributed by atoms with Crippen molar-refractivity contribution in [3.63, 3.8) is 0 Å². The predicted molar refractivity (Wildman–Crippen MR) is 65.8 cm³/mol. The second kappa shape index (κ2) is 5.14. The van der Waals surface area contributed by atoms with Gasteiger partial charge in [-0.25, -0.2) is 9.36 Å².